The molecule has 1 fully saturated rings. The number of piperidine rings is 1. The summed E-state index contributed by atoms with van der Waals surface area (Å²) in [5.41, 5.74) is 3.68. The number of benzene rings is 1. The van der Waals surface area contributed by atoms with Crippen LogP contribution in [0.4, 0.5) is 5.82 Å². The Morgan fingerprint density at radius 2 is 2.00 bits per heavy atom. The molecule has 6 nitrogen and oxygen atoms in total. The summed E-state index contributed by atoms with van der Waals surface area (Å²) in [5.74, 6) is 2.27. The second-order valence-corrected chi connectivity index (χ2v) is 8.20. The number of fused-ring (bicyclic) bond motifs is 1. The number of aryl methyl sites for hydroxylation is 1. The average Bonchev–Trinajstić information content (AvgIpc) is 2.79. The first-order chi connectivity index (χ1) is 14.7. The SMILES string of the molecule is CCNC(=NCc1c(O)ccc2c1CCCC2)NC1CCN(c2ccccn2)CC1. The van der Waals surface area contributed by atoms with Gasteiger partial charge in [-0.05, 0) is 74.8 Å². The zero-order valence-corrected chi connectivity index (χ0v) is 17.9. The molecule has 30 heavy (non-hydrogen) atoms. The highest BCUT2D eigenvalue weighted by molar-refractivity contribution is 5.80. The normalized spacial score (nSPS) is 17.5. The lowest BCUT2D eigenvalue weighted by Crippen LogP contribution is -2.48. The number of aliphatic imine (C=N–C) groups is 1. The van der Waals surface area contributed by atoms with Crippen molar-refractivity contribution in [2.24, 2.45) is 4.99 Å². The molecule has 0 spiro atoms. The van der Waals surface area contributed by atoms with Crippen LogP contribution in [0, 0.1) is 0 Å². The van der Waals surface area contributed by atoms with Crippen LogP contribution < -0.4 is 15.5 Å². The summed E-state index contributed by atoms with van der Waals surface area (Å²) in [5, 5.41) is 17.4. The van der Waals surface area contributed by atoms with Crippen LogP contribution in [-0.4, -0.2) is 41.7 Å². The number of nitrogens with one attached hydrogen (secondary N) is 2. The predicted molar refractivity (Wildman–Crippen MR) is 122 cm³/mol. The maximum atomic E-state index is 10.4. The Balaban J connectivity index is 1.39. The number of aromatic nitrogens is 1. The fourth-order valence-electron chi connectivity index (χ4n) is 4.53. The van der Waals surface area contributed by atoms with Crippen LogP contribution in [0.5, 0.6) is 5.75 Å². The van der Waals surface area contributed by atoms with Gasteiger partial charge in [0.1, 0.15) is 11.6 Å². The van der Waals surface area contributed by atoms with Crippen molar-refractivity contribution in [2.75, 3.05) is 24.5 Å². The van der Waals surface area contributed by atoms with E-state index in [0.717, 1.165) is 62.7 Å². The number of hydrogen-bond donors (Lipinski definition) is 3. The van der Waals surface area contributed by atoms with Gasteiger partial charge in [-0.1, -0.05) is 12.1 Å². The van der Waals surface area contributed by atoms with Gasteiger partial charge in [-0.2, -0.15) is 0 Å². The van der Waals surface area contributed by atoms with Crippen LogP contribution in [0.2, 0.25) is 0 Å². The molecule has 0 saturated carbocycles. The number of phenolic OH excluding ortho intramolecular Hbond substituents is 1. The van der Waals surface area contributed by atoms with E-state index in [-0.39, 0.29) is 0 Å². The highest BCUT2D eigenvalue weighted by atomic mass is 16.3. The van der Waals surface area contributed by atoms with E-state index in [1.54, 1.807) is 0 Å². The van der Waals surface area contributed by atoms with Gasteiger partial charge >= 0.3 is 0 Å². The Labute approximate surface area is 179 Å². The van der Waals surface area contributed by atoms with Gasteiger partial charge in [-0.15, -0.1) is 0 Å². The largest absolute Gasteiger partial charge is 0.508 e. The molecule has 0 bridgehead atoms. The molecule has 1 aromatic heterocycles. The van der Waals surface area contributed by atoms with Gasteiger partial charge in [0.05, 0.1) is 6.54 Å². The van der Waals surface area contributed by atoms with Crippen molar-refractivity contribution in [1.82, 2.24) is 15.6 Å². The fourth-order valence-corrected chi connectivity index (χ4v) is 4.53. The van der Waals surface area contributed by atoms with Crippen molar-refractivity contribution in [3.63, 3.8) is 0 Å². The average molecular weight is 408 g/mol. The molecule has 0 unspecified atom stereocenters. The van der Waals surface area contributed by atoms with E-state index in [4.69, 9.17) is 4.99 Å². The van der Waals surface area contributed by atoms with Crippen molar-refractivity contribution in [2.45, 2.75) is 58.0 Å². The second kappa shape index (κ2) is 9.83. The van der Waals surface area contributed by atoms with E-state index in [0.29, 0.717) is 18.3 Å². The summed E-state index contributed by atoms with van der Waals surface area (Å²) in [6.45, 7) is 5.39. The molecule has 1 aliphatic carbocycles. The molecule has 0 amide bonds. The van der Waals surface area contributed by atoms with Crippen LogP contribution in [0.15, 0.2) is 41.5 Å². The summed E-state index contributed by atoms with van der Waals surface area (Å²) in [4.78, 5) is 11.6. The molecule has 2 aliphatic rings. The number of rotatable bonds is 5. The number of nitrogens with zero attached hydrogens (tertiary/aromatic N) is 3. The van der Waals surface area contributed by atoms with Crippen molar-refractivity contribution >= 4 is 11.8 Å². The molecule has 2 heterocycles. The van der Waals surface area contributed by atoms with Gasteiger partial charge < -0.3 is 20.6 Å². The smallest absolute Gasteiger partial charge is 0.191 e. The van der Waals surface area contributed by atoms with Gasteiger partial charge in [0.15, 0.2) is 5.96 Å². The molecular formula is C24H33N5O. The maximum Gasteiger partial charge on any atom is 0.191 e. The molecule has 0 atom stereocenters. The standard InChI is InChI=1S/C24H33N5O/c1-2-25-24(27-17-21-20-8-4-3-7-18(20)10-11-22(21)30)28-19-12-15-29(16-13-19)23-9-5-6-14-26-23/h5-6,9-11,14,19,30H,2-4,7-8,12-13,15-17H2,1H3,(H2,25,27,28). The van der Waals surface area contributed by atoms with Crippen LogP contribution in [0.25, 0.3) is 0 Å². The van der Waals surface area contributed by atoms with E-state index in [1.165, 1.54) is 24.0 Å². The minimum absolute atomic E-state index is 0.374. The van der Waals surface area contributed by atoms with E-state index in [9.17, 15) is 5.11 Å². The minimum atomic E-state index is 0.374. The molecular weight excluding hydrogens is 374 g/mol. The van der Waals surface area contributed by atoms with Crippen LogP contribution >= 0.6 is 0 Å². The number of aromatic hydroxyl groups is 1. The molecule has 1 aliphatic heterocycles. The number of phenols is 1. The third kappa shape index (κ3) is 4.86. The Hall–Kier alpha value is -2.76. The van der Waals surface area contributed by atoms with Gasteiger partial charge in [0, 0.05) is 37.4 Å². The first-order valence-corrected chi connectivity index (χ1v) is 11.3. The molecule has 160 valence electrons. The summed E-state index contributed by atoms with van der Waals surface area (Å²) in [6.07, 6.45) is 8.54. The molecule has 6 heteroatoms. The fraction of sp³-hybridized carbons (Fsp3) is 0.500. The molecule has 4 rings (SSSR count). The van der Waals surface area contributed by atoms with Crippen molar-refractivity contribution in [3.05, 3.63) is 53.2 Å². The van der Waals surface area contributed by atoms with Crippen LogP contribution in [-0.2, 0) is 19.4 Å². The molecule has 1 saturated heterocycles. The molecule has 3 N–H and O–H groups in total. The maximum absolute atomic E-state index is 10.4. The molecule has 0 radical (unpaired) electrons. The van der Waals surface area contributed by atoms with Crippen LogP contribution in [0.3, 0.4) is 0 Å². The zero-order chi connectivity index (χ0) is 20.8. The lowest BCUT2D eigenvalue weighted by atomic mass is 9.88. The Morgan fingerprint density at radius 3 is 2.77 bits per heavy atom. The highest BCUT2D eigenvalue weighted by Crippen LogP contribution is 2.31. The topological polar surface area (TPSA) is 72.8 Å². The quantitative estimate of drug-likeness (QED) is 0.523. The van der Waals surface area contributed by atoms with Crippen molar-refractivity contribution in [3.8, 4) is 5.75 Å². The molecule has 2 aromatic rings. The van der Waals surface area contributed by atoms with Gasteiger partial charge in [-0.25, -0.2) is 9.98 Å². The predicted octanol–water partition coefficient (Wildman–Crippen LogP) is 3.39. The van der Waals surface area contributed by atoms with Gasteiger partial charge in [0.2, 0.25) is 0 Å². The number of anilines is 1. The monoisotopic (exact) mass is 407 g/mol. The Bertz CT molecular complexity index is 859. The summed E-state index contributed by atoms with van der Waals surface area (Å²) < 4.78 is 0. The lowest BCUT2D eigenvalue weighted by Gasteiger charge is -2.33. The minimum Gasteiger partial charge on any atom is -0.508 e. The third-order valence-electron chi connectivity index (χ3n) is 6.17. The van der Waals surface area contributed by atoms with E-state index >= 15 is 0 Å². The Morgan fingerprint density at radius 1 is 1.17 bits per heavy atom. The Kier molecular flexibility index (Phi) is 6.72. The summed E-state index contributed by atoms with van der Waals surface area (Å²) in [6, 6.07) is 10.4. The second-order valence-electron chi connectivity index (χ2n) is 8.20. The van der Waals surface area contributed by atoms with E-state index in [2.05, 4.69) is 39.6 Å². The van der Waals surface area contributed by atoms with E-state index < -0.39 is 0 Å². The van der Waals surface area contributed by atoms with Gasteiger partial charge in [0.25, 0.3) is 0 Å². The third-order valence-corrected chi connectivity index (χ3v) is 6.17. The van der Waals surface area contributed by atoms with Crippen molar-refractivity contribution < 1.29 is 5.11 Å². The number of guanidine groups is 1. The van der Waals surface area contributed by atoms with E-state index in [1.807, 2.05) is 24.4 Å². The van der Waals surface area contributed by atoms with Crippen LogP contribution in [0.1, 0.15) is 49.3 Å². The van der Waals surface area contributed by atoms with Gasteiger partial charge in [-0.3, -0.25) is 0 Å². The first kappa shape index (κ1) is 20.5. The zero-order valence-electron chi connectivity index (χ0n) is 17.9. The lowest BCUT2D eigenvalue weighted by molar-refractivity contribution is 0.458. The summed E-state index contributed by atoms with van der Waals surface area (Å²) >= 11 is 0. The number of pyridine rings is 1. The summed E-state index contributed by atoms with van der Waals surface area (Å²) in [7, 11) is 0. The number of hydrogen-bond acceptors (Lipinski definition) is 4. The highest BCUT2D eigenvalue weighted by Gasteiger charge is 2.21. The first-order valence-electron chi connectivity index (χ1n) is 11.3. The molecule has 1 aromatic carbocycles. The van der Waals surface area contributed by atoms with Crippen molar-refractivity contribution in [1.29, 1.82) is 0 Å².